The van der Waals surface area contributed by atoms with Gasteiger partial charge in [-0.05, 0) is 42.0 Å². The summed E-state index contributed by atoms with van der Waals surface area (Å²) in [5.41, 5.74) is 1.91. The molecule has 0 aliphatic carbocycles. The van der Waals surface area contributed by atoms with E-state index in [2.05, 4.69) is 5.32 Å². The van der Waals surface area contributed by atoms with Gasteiger partial charge in [-0.1, -0.05) is 48.5 Å². The minimum absolute atomic E-state index is 0.146. The zero-order chi connectivity index (χ0) is 22.5. The van der Waals surface area contributed by atoms with Crippen LogP contribution in [-0.4, -0.2) is 35.9 Å². The zero-order valence-corrected chi connectivity index (χ0v) is 17.6. The number of ether oxygens (including phenoxy) is 1. The summed E-state index contributed by atoms with van der Waals surface area (Å²) in [5, 5.41) is 2.79. The fourth-order valence-corrected chi connectivity index (χ4v) is 3.71. The van der Waals surface area contributed by atoms with Crippen molar-refractivity contribution in [3.8, 4) is 5.75 Å². The fourth-order valence-electron chi connectivity index (χ4n) is 3.71. The van der Waals surface area contributed by atoms with Gasteiger partial charge < -0.3 is 15.0 Å². The molecule has 4 rings (SSSR count). The van der Waals surface area contributed by atoms with Crippen LogP contribution < -0.4 is 15.0 Å². The van der Waals surface area contributed by atoms with Crippen molar-refractivity contribution in [1.82, 2.24) is 4.90 Å². The van der Waals surface area contributed by atoms with Crippen LogP contribution in [-0.2, 0) is 16.1 Å². The summed E-state index contributed by atoms with van der Waals surface area (Å²) >= 11 is 0. The first-order valence-electron chi connectivity index (χ1n) is 10.2. The topological polar surface area (TPSA) is 79.0 Å². The number of imide groups is 1. The predicted molar refractivity (Wildman–Crippen MR) is 121 cm³/mol. The Hall–Kier alpha value is -4.13. The average Bonchev–Trinajstić information content (AvgIpc) is 3.04. The average molecular weight is 429 g/mol. The summed E-state index contributed by atoms with van der Waals surface area (Å²) in [6.45, 7) is 0.175. The van der Waals surface area contributed by atoms with E-state index in [4.69, 9.17) is 4.74 Å². The number of benzene rings is 3. The summed E-state index contributed by atoms with van der Waals surface area (Å²) in [6.07, 6.45) is -0.146. The van der Waals surface area contributed by atoms with Gasteiger partial charge in [0.25, 0.3) is 5.91 Å². The molecule has 1 saturated heterocycles. The van der Waals surface area contributed by atoms with Gasteiger partial charge in [0.1, 0.15) is 11.8 Å². The largest absolute Gasteiger partial charge is 0.497 e. The molecule has 4 amide bonds. The van der Waals surface area contributed by atoms with Crippen molar-refractivity contribution in [2.24, 2.45) is 0 Å². The minimum atomic E-state index is -0.919. The lowest BCUT2D eigenvalue weighted by atomic mass is 10.1. The Kier molecular flexibility index (Phi) is 6.17. The number of urea groups is 1. The normalized spacial score (nSPS) is 15.7. The molecule has 0 aromatic heterocycles. The highest BCUT2D eigenvalue weighted by Crippen LogP contribution is 2.29. The molecule has 3 aromatic carbocycles. The number of hydrogen-bond donors (Lipinski definition) is 1. The summed E-state index contributed by atoms with van der Waals surface area (Å²) in [5.74, 6) is -0.112. The van der Waals surface area contributed by atoms with E-state index in [9.17, 15) is 14.4 Å². The molecular weight excluding hydrogens is 406 g/mol. The Morgan fingerprint density at radius 1 is 0.938 bits per heavy atom. The standard InChI is InChI=1S/C25H23N3O4/c1-32-21-14-8-9-18(15-21)17-27-22(16-23(29)26-19-10-4-2-5-11-19)24(30)28(25(27)31)20-12-6-3-7-13-20/h2-15,22H,16-17H2,1H3,(H,26,29)/t22-/m1/s1. The highest BCUT2D eigenvalue weighted by molar-refractivity contribution is 6.22. The molecule has 0 bridgehead atoms. The van der Waals surface area contributed by atoms with Crippen molar-refractivity contribution in [3.05, 3.63) is 90.5 Å². The SMILES string of the molecule is COc1cccc(CN2C(=O)N(c3ccccc3)C(=O)[C@H]2CC(=O)Nc2ccccc2)c1. The first kappa shape index (κ1) is 21.1. The second-order valence-electron chi connectivity index (χ2n) is 7.41. The second-order valence-corrected chi connectivity index (χ2v) is 7.41. The molecule has 7 heteroatoms. The van der Waals surface area contributed by atoms with Gasteiger partial charge in [-0.2, -0.15) is 0 Å². The lowest BCUT2D eigenvalue weighted by Gasteiger charge is -2.22. The number of hydrogen-bond acceptors (Lipinski definition) is 4. The van der Waals surface area contributed by atoms with E-state index in [1.165, 1.54) is 4.90 Å². The maximum Gasteiger partial charge on any atom is 0.332 e. The number of rotatable bonds is 7. The molecule has 1 aliphatic rings. The van der Waals surface area contributed by atoms with Crippen LogP contribution in [0.3, 0.4) is 0 Å². The third-order valence-electron chi connectivity index (χ3n) is 5.26. The fraction of sp³-hybridized carbons (Fsp3) is 0.160. The molecule has 1 heterocycles. The third kappa shape index (κ3) is 4.46. The first-order valence-corrected chi connectivity index (χ1v) is 10.2. The van der Waals surface area contributed by atoms with Gasteiger partial charge >= 0.3 is 6.03 Å². The number of nitrogens with one attached hydrogen (secondary N) is 1. The van der Waals surface area contributed by atoms with Gasteiger partial charge in [0.15, 0.2) is 0 Å². The summed E-state index contributed by atoms with van der Waals surface area (Å²) in [7, 11) is 1.57. The van der Waals surface area contributed by atoms with Crippen LogP contribution in [0.25, 0.3) is 0 Å². The molecule has 0 saturated carbocycles. The molecule has 0 spiro atoms. The van der Waals surface area contributed by atoms with Crippen LogP contribution in [0.5, 0.6) is 5.75 Å². The van der Waals surface area contributed by atoms with E-state index >= 15 is 0 Å². The van der Waals surface area contributed by atoms with Crippen LogP contribution in [0.1, 0.15) is 12.0 Å². The smallest absolute Gasteiger partial charge is 0.332 e. The highest BCUT2D eigenvalue weighted by Gasteiger charge is 2.46. The van der Waals surface area contributed by atoms with Gasteiger partial charge in [-0.15, -0.1) is 0 Å². The lowest BCUT2D eigenvalue weighted by Crippen LogP contribution is -2.37. The molecule has 3 aromatic rings. The number of anilines is 2. The zero-order valence-electron chi connectivity index (χ0n) is 17.6. The minimum Gasteiger partial charge on any atom is -0.497 e. The molecule has 1 atom stereocenters. The number of para-hydroxylation sites is 2. The van der Waals surface area contributed by atoms with Gasteiger partial charge in [-0.3, -0.25) is 9.59 Å². The number of methoxy groups -OCH3 is 1. The Morgan fingerprint density at radius 3 is 2.31 bits per heavy atom. The third-order valence-corrected chi connectivity index (χ3v) is 5.26. The van der Waals surface area contributed by atoms with Crippen LogP contribution in [0, 0.1) is 0 Å². The van der Waals surface area contributed by atoms with E-state index in [-0.39, 0.29) is 18.9 Å². The number of carbonyl (C=O) groups excluding carboxylic acids is 3. The van der Waals surface area contributed by atoms with Crippen LogP contribution >= 0.6 is 0 Å². The van der Waals surface area contributed by atoms with Crippen LogP contribution in [0.2, 0.25) is 0 Å². The number of amides is 4. The van der Waals surface area contributed by atoms with Crippen molar-refractivity contribution in [3.63, 3.8) is 0 Å². The quantitative estimate of drug-likeness (QED) is 0.575. The van der Waals surface area contributed by atoms with Crippen molar-refractivity contribution in [2.45, 2.75) is 19.0 Å². The van der Waals surface area contributed by atoms with E-state index < -0.39 is 18.0 Å². The van der Waals surface area contributed by atoms with E-state index in [0.717, 1.165) is 10.5 Å². The monoisotopic (exact) mass is 429 g/mol. The van der Waals surface area contributed by atoms with Gasteiger partial charge in [-0.25, -0.2) is 9.69 Å². The summed E-state index contributed by atoms with van der Waals surface area (Å²) in [4.78, 5) is 41.9. The highest BCUT2D eigenvalue weighted by atomic mass is 16.5. The Morgan fingerprint density at radius 2 is 1.62 bits per heavy atom. The van der Waals surface area contributed by atoms with Crippen LogP contribution in [0.15, 0.2) is 84.9 Å². The Balaban J connectivity index is 1.61. The molecule has 1 aliphatic heterocycles. The van der Waals surface area contributed by atoms with Crippen molar-refractivity contribution in [2.75, 3.05) is 17.3 Å². The number of carbonyl (C=O) groups is 3. The van der Waals surface area contributed by atoms with Crippen molar-refractivity contribution in [1.29, 1.82) is 0 Å². The summed E-state index contributed by atoms with van der Waals surface area (Å²) < 4.78 is 5.27. The molecule has 0 unspecified atom stereocenters. The first-order chi connectivity index (χ1) is 15.6. The Labute approximate surface area is 186 Å². The molecule has 1 N–H and O–H groups in total. The molecule has 0 radical (unpaired) electrons. The predicted octanol–water partition coefficient (Wildman–Crippen LogP) is 4.06. The molecule has 162 valence electrons. The summed E-state index contributed by atoms with van der Waals surface area (Å²) in [6, 6.07) is 23.7. The maximum absolute atomic E-state index is 13.3. The van der Waals surface area contributed by atoms with E-state index in [0.29, 0.717) is 17.1 Å². The number of nitrogens with zero attached hydrogens (tertiary/aromatic N) is 2. The molecule has 7 nitrogen and oxygen atoms in total. The molecule has 32 heavy (non-hydrogen) atoms. The van der Waals surface area contributed by atoms with Gasteiger partial charge in [0, 0.05) is 12.2 Å². The maximum atomic E-state index is 13.3. The molecular formula is C25H23N3O4. The van der Waals surface area contributed by atoms with E-state index in [1.807, 2.05) is 48.5 Å². The Bertz CT molecular complexity index is 1120. The van der Waals surface area contributed by atoms with Gasteiger partial charge in [0.05, 0.1) is 19.2 Å². The second kappa shape index (κ2) is 9.34. The van der Waals surface area contributed by atoms with Crippen LogP contribution in [0.4, 0.5) is 16.2 Å². The van der Waals surface area contributed by atoms with E-state index in [1.54, 1.807) is 43.5 Å². The van der Waals surface area contributed by atoms with Crippen molar-refractivity contribution < 1.29 is 19.1 Å². The molecule has 1 fully saturated rings. The van der Waals surface area contributed by atoms with Crippen molar-refractivity contribution >= 4 is 29.2 Å². The lowest BCUT2D eigenvalue weighted by molar-refractivity contribution is -0.124. The van der Waals surface area contributed by atoms with Gasteiger partial charge in [0.2, 0.25) is 5.91 Å².